The third-order valence-electron chi connectivity index (χ3n) is 4.50. The van der Waals surface area contributed by atoms with Crippen LogP contribution in [0.4, 0.5) is 4.39 Å². The molecule has 3 rings (SSSR count). The molecule has 1 saturated carbocycles. The predicted molar refractivity (Wildman–Crippen MR) is 77.3 cm³/mol. The average Bonchev–Trinajstić information content (AvgIpc) is 3.07. The molecule has 0 bridgehead atoms. The summed E-state index contributed by atoms with van der Waals surface area (Å²) in [6.45, 7) is 4.39. The van der Waals surface area contributed by atoms with Gasteiger partial charge in [0, 0.05) is 17.8 Å². The van der Waals surface area contributed by atoms with Gasteiger partial charge >= 0.3 is 0 Å². The summed E-state index contributed by atoms with van der Waals surface area (Å²) in [5, 5.41) is 0. The van der Waals surface area contributed by atoms with Gasteiger partial charge < -0.3 is 4.74 Å². The minimum absolute atomic E-state index is 0.0577. The van der Waals surface area contributed by atoms with Gasteiger partial charge in [0.2, 0.25) is 0 Å². The summed E-state index contributed by atoms with van der Waals surface area (Å²) in [7, 11) is 1.63. The number of hydrogen-bond acceptors (Lipinski definition) is 2. The molecule has 1 fully saturated rings. The monoisotopic (exact) mass is 271 g/mol. The number of hydrogen-bond donors (Lipinski definition) is 0. The SMILES string of the molecule is COc1ccnc(-c2ccc(F)cc2C2(C)C[C@H]2C)c1. The van der Waals surface area contributed by atoms with Gasteiger partial charge in [0.25, 0.3) is 0 Å². The zero-order valence-electron chi connectivity index (χ0n) is 12.0. The maximum atomic E-state index is 13.6. The van der Waals surface area contributed by atoms with Gasteiger partial charge in [0.05, 0.1) is 12.8 Å². The molecular weight excluding hydrogens is 253 g/mol. The lowest BCUT2D eigenvalue weighted by atomic mass is 9.89. The van der Waals surface area contributed by atoms with Crippen molar-refractivity contribution in [3.63, 3.8) is 0 Å². The van der Waals surface area contributed by atoms with Gasteiger partial charge in [-0.3, -0.25) is 4.98 Å². The molecule has 20 heavy (non-hydrogen) atoms. The first-order valence-corrected chi connectivity index (χ1v) is 6.85. The second-order valence-electron chi connectivity index (χ2n) is 5.79. The first kappa shape index (κ1) is 13.1. The van der Waals surface area contributed by atoms with Gasteiger partial charge in [-0.25, -0.2) is 4.39 Å². The third-order valence-corrected chi connectivity index (χ3v) is 4.50. The maximum Gasteiger partial charge on any atom is 0.123 e. The van der Waals surface area contributed by atoms with Crippen molar-refractivity contribution in [2.75, 3.05) is 7.11 Å². The zero-order valence-corrected chi connectivity index (χ0v) is 12.0. The van der Waals surface area contributed by atoms with Crippen LogP contribution in [0.25, 0.3) is 11.3 Å². The Morgan fingerprint density at radius 1 is 1.30 bits per heavy atom. The smallest absolute Gasteiger partial charge is 0.123 e. The molecule has 2 aromatic rings. The van der Waals surface area contributed by atoms with Crippen molar-refractivity contribution >= 4 is 0 Å². The summed E-state index contributed by atoms with van der Waals surface area (Å²) in [6, 6.07) is 8.68. The Balaban J connectivity index is 2.14. The molecule has 3 heteroatoms. The van der Waals surface area contributed by atoms with Gasteiger partial charge in [-0.05, 0) is 47.6 Å². The van der Waals surface area contributed by atoms with E-state index in [1.807, 2.05) is 18.2 Å². The van der Waals surface area contributed by atoms with E-state index < -0.39 is 0 Å². The second-order valence-corrected chi connectivity index (χ2v) is 5.79. The van der Waals surface area contributed by atoms with Crippen LogP contribution in [0, 0.1) is 11.7 Å². The van der Waals surface area contributed by atoms with E-state index in [1.165, 1.54) is 6.07 Å². The Hall–Kier alpha value is -1.90. The van der Waals surface area contributed by atoms with Crippen LogP contribution < -0.4 is 4.74 Å². The fourth-order valence-electron chi connectivity index (χ4n) is 2.85. The molecule has 104 valence electrons. The van der Waals surface area contributed by atoms with E-state index in [1.54, 1.807) is 19.4 Å². The van der Waals surface area contributed by atoms with Crippen LogP contribution in [0.2, 0.25) is 0 Å². The number of nitrogens with zero attached hydrogens (tertiary/aromatic N) is 1. The molecule has 0 N–H and O–H groups in total. The average molecular weight is 271 g/mol. The number of ether oxygens (including phenoxy) is 1. The van der Waals surface area contributed by atoms with E-state index in [-0.39, 0.29) is 11.2 Å². The van der Waals surface area contributed by atoms with Gasteiger partial charge in [-0.15, -0.1) is 0 Å². The molecule has 1 aromatic heterocycles. The van der Waals surface area contributed by atoms with E-state index in [0.29, 0.717) is 5.92 Å². The van der Waals surface area contributed by atoms with Crippen molar-refractivity contribution < 1.29 is 9.13 Å². The van der Waals surface area contributed by atoms with Crippen LogP contribution >= 0.6 is 0 Å². The highest BCUT2D eigenvalue weighted by Gasteiger charge is 2.49. The lowest BCUT2D eigenvalue weighted by Gasteiger charge is -2.16. The molecule has 1 aromatic carbocycles. The Kier molecular flexibility index (Phi) is 3.00. The maximum absolute atomic E-state index is 13.6. The molecule has 0 aliphatic heterocycles. The first-order chi connectivity index (χ1) is 9.54. The van der Waals surface area contributed by atoms with Crippen molar-refractivity contribution in [3.05, 3.63) is 47.9 Å². The largest absolute Gasteiger partial charge is 0.497 e. The highest BCUT2D eigenvalue weighted by atomic mass is 19.1. The number of pyridine rings is 1. The summed E-state index contributed by atoms with van der Waals surface area (Å²) < 4.78 is 18.9. The molecule has 1 aliphatic rings. The molecule has 2 nitrogen and oxygen atoms in total. The van der Waals surface area contributed by atoms with Crippen LogP contribution in [-0.2, 0) is 5.41 Å². The van der Waals surface area contributed by atoms with Gasteiger partial charge in [0.1, 0.15) is 11.6 Å². The number of halogens is 1. The minimum atomic E-state index is -0.188. The second kappa shape index (κ2) is 4.58. The summed E-state index contributed by atoms with van der Waals surface area (Å²) in [6.07, 6.45) is 2.81. The number of rotatable bonds is 3. The Morgan fingerprint density at radius 3 is 2.70 bits per heavy atom. The van der Waals surface area contributed by atoms with E-state index in [2.05, 4.69) is 18.8 Å². The molecule has 2 atom stereocenters. The predicted octanol–water partition coefficient (Wildman–Crippen LogP) is 4.19. The Labute approximate surface area is 118 Å². The van der Waals surface area contributed by atoms with Gasteiger partial charge in [0.15, 0.2) is 0 Å². The highest BCUT2D eigenvalue weighted by molar-refractivity contribution is 5.67. The van der Waals surface area contributed by atoms with Crippen LogP contribution in [0.5, 0.6) is 5.75 Å². The van der Waals surface area contributed by atoms with Gasteiger partial charge in [-0.1, -0.05) is 13.8 Å². The number of aromatic nitrogens is 1. The fraction of sp³-hybridized carbons (Fsp3) is 0.353. The molecule has 1 unspecified atom stereocenters. The Morgan fingerprint density at radius 2 is 2.05 bits per heavy atom. The highest BCUT2D eigenvalue weighted by Crippen LogP contribution is 2.55. The van der Waals surface area contributed by atoms with Crippen molar-refractivity contribution in [3.8, 4) is 17.0 Å². The van der Waals surface area contributed by atoms with Crippen LogP contribution in [0.3, 0.4) is 0 Å². The Bertz CT molecular complexity index is 655. The van der Waals surface area contributed by atoms with E-state index in [9.17, 15) is 4.39 Å². The molecular formula is C17H18FNO. The molecule has 0 saturated heterocycles. The normalized spacial score (nSPS) is 24.5. The van der Waals surface area contributed by atoms with Crippen molar-refractivity contribution in [1.29, 1.82) is 0 Å². The van der Waals surface area contributed by atoms with E-state index >= 15 is 0 Å². The number of methoxy groups -OCH3 is 1. The third kappa shape index (κ3) is 2.07. The van der Waals surface area contributed by atoms with Crippen molar-refractivity contribution in [2.24, 2.45) is 5.92 Å². The lowest BCUT2D eigenvalue weighted by molar-refractivity contribution is 0.414. The molecule has 0 radical (unpaired) electrons. The van der Waals surface area contributed by atoms with Crippen LogP contribution in [-0.4, -0.2) is 12.1 Å². The summed E-state index contributed by atoms with van der Waals surface area (Å²) >= 11 is 0. The van der Waals surface area contributed by atoms with Crippen molar-refractivity contribution in [1.82, 2.24) is 4.98 Å². The van der Waals surface area contributed by atoms with Crippen molar-refractivity contribution in [2.45, 2.75) is 25.7 Å². The quantitative estimate of drug-likeness (QED) is 0.835. The minimum Gasteiger partial charge on any atom is -0.497 e. The topological polar surface area (TPSA) is 22.1 Å². The summed E-state index contributed by atoms with van der Waals surface area (Å²) in [4.78, 5) is 4.41. The number of benzene rings is 1. The molecule has 0 amide bonds. The first-order valence-electron chi connectivity index (χ1n) is 6.85. The summed E-state index contributed by atoms with van der Waals surface area (Å²) in [5.74, 6) is 1.15. The zero-order chi connectivity index (χ0) is 14.3. The summed E-state index contributed by atoms with van der Waals surface area (Å²) in [5.41, 5.74) is 2.94. The van der Waals surface area contributed by atoms with Crippen LogP contribution in [0.1, 0.15) is 25.8 Å². The molecule has 1 heterocycles. The standard InChI is InChI=1S/C17H18FNO/c1-11-10-17(11,2)15-8-12(18)4-5-14(15)16-9-13(20-3)6-7-19-16/h4-9,11H,10H2,1-3H3/t11-,17?/m1/s1. The lowest BCUT2D eigenvalue weighted by Crippen LogP contribution is -2.06. The van der Waals surface area contributed by atoms with Crippen LogP contribution in [0.15, 0.2) is 36.5 Å². The van der Waals surface area contributed by atoms with E-state index in [4.69, 9.17) is 4.74 Å². The molecule has 0 spiro atoms. The molecule has 1 aliphatic carbocycles. The van der Waals surface area contributed by atoms with E-state index in [0.717, 1.165) is 29.0 Å². The van der Waals surface area contributed by atoms with Gasteiger partial charge in [-0.2, -0.15) is 0 Å². The fourth-order valence-corrected chi connectivity index (χ4v) is 2.85.